The number of hydrogen-bond acceptors (Lipinski definition) is 7. The molecule has 2 rings (SSSR count). The fourth-order valence-electron chi connectivity index (χ4n) is 3.15. The Balaban J connectivity index is 2.65. The zero-order valence-electron chi connectivity index (χ0n) is 19.1. The molecule has 0 fully saturated rings. The van der Waals surface area contributed by atoms with E-state index in [9.17, 15) is 19.5 Å². The molecule has 32 heavy (non-hydrogen) atoms. The largest absolute Gasteiger partial charge is 0.462 e. The van der Waals surface area contributed by atoms with Gasteiger partial charge in [0, 0.05) is 5.39 Å². The maximum atomic E-state index is 13.0. The fraction of sp³-hybridized carbons (Fsp3) is 0.542. The van der Waals surface area contributed by atoms with Crippen molar-refractivity contribution in [3.8, 4) is 0 Å². The second kappa shape index (κ2) is 12.9. The molecule has 2 aromatic rings. The van der Waals surface area contributed by atoms with Crippen molar-refractivity contribution in [3.63, 3.8) is 0 Å². The molecule has 0 spiro atoms. The summed E-state index contributed by atoms with van der Waals surface area (Å²) in [5.41, 5.74) is 0.575. The zero-order chi connectivity index (χ0) is 23.5. The monoisotopic (exact) mass is 447 g/mol. The van der Waals surface area contributed by atoms with Crippen LogP contribution in [0.1, 0.15) is 85.7 Å². The molecule has 1 heterocycles. The lowest BCUT2D eigenvalue weighted by molar-refractivity contribution is 0.0444. The number of rotatable bonds is 12. The molecule has 8 heteroatoms. The topological polar surface area (TPSA) is 104 Å². The number of carbonyl (C=O) groups excluding carboxylic acids is 3. The van der Waals surface area contributed by atoms with Crippen LogP contribution in [0, 0.1) is 0 Å². The van der Waals surface area contributed by atoms with Gasteiger partial charge in [0.05, 0.1) is 31.9 Å². The third-order valence-corrected chi connectivity index (χ3v) is 4.98. The molecular weight excluding hydrogens is 414 g/mol. The van der Waals surface area contributed by atoms with Crippen LogP contribution in [0.5, 0.6) is 0 Å². The molecule has 0 aliphatic heterocycles. The molecule has 0 aliphatic carbocycles. The maximum Gasteiger partial charge on any atom is 0.419 e. The molecule has 0 saturated heterocycles. The number of hydrogen-bond donors (Lipinski definition) is 1. The van der Waals surface area contributed by atoms with Crippen LogP contribution >= 0.6 is 0 Å². The molecule has 0 saturated carbocycles. The van der Waals surface area contributed by atoms with Crippen molar-refractivity contribution in [1.82, 2.24) is 4.57 Å². The quantitative estimate of drug-likeness (QED) is 0.282. The van der Waals surface area contributed by atoms with Crippen molar-refractivity contribution in [2.24, 2.45) is 0 Å². The smallest absolute Gasteiger partial charge is 0.419 e. The Hall–Kier alpha value is -2.87. The van der Waals surface area contributed by atoms with Crippen molar-refractivity contribution in [3.05, 3.63) is 35.0 Å². The molecule has 1 N–H and O–H groups in total. The van der Waals surface area contributed by atoms with Crippen LogP contribution in [0.4, 0.5) is 4.79 Å². The normalized spacial score (nSPS) is 10.9. The Morgan fingerprint density at radius 1 is 0.844 bits per heavy atom. The molecule has 0 atom stereocenters. The Labute approximate surface area is 188 Å². The van der Waals surface area contributed by atoms with E-state index in [4.69, 9.17) is 14.2 Å². The highest BCUT2D eigenvalue weighted by atomic mass is 16.6. The van der Waals surface area contributed by atoms with E-state index >= 15 is 0 Å². The highest BCUT2D eigenvalue weighted by Crippen LogP contribution is 2.30. The summed E-state index contributed by atoms with van der Waals surface area (Å²) in [6, 6.07) is 4.77. The van der Waals surface area contributed by atoms with Crippen LogP contribution in [0.15, 0.2) is 18.2 Å². The van der Waals surface area contributed by atoms with Gasteiger partial charge in [-0.15, -0.1) is 0 Å². The lowest BCUT2D eigenvalue weighted by Gasteiger charge is -2.11. The minimum atomic E-state index is -0.796. The zero-order valence-corrected chi connectivity index (χ0v) is 19.1. The molecule has 8 nitrogen and oxygen atoms in total. The maximum absolute atomic E-state index is 13.0. The molecule has 1 aromatic heterocycles. The fourth-order valence-corrected chi connectivity index (χ4v) is 3.15. The van der Waals surface area contributed by atoms with Gasteiger partial charge < -0.3 is 19.3 Å². The number of ether oxygens (including phenoxy) is 3. The van der Waals surface area contributed by atoms with E-state index in [0.717, 1.165) is 23.8 Å². The Kier molecular flexibility index (Phi) is 10.2. The highest BCUT2D eigenvalue weighted by molar-refractivity contribution is 6.15. The average Bonchev–Trinajstić information content (AvgIpc) is 3.14. The van der Waals surface area contributed by atoms with Crippen LogP contribution in [0.25, 0.3) is 10.9 Å². The van der Waals surface area contributed by atoms with Gasteiger partial charge in [-0.05, 0) is 37.0 Å². The van der Waals surface area contributed by atoms with E-state index in [-0.39, 0.29) is 37.7 Å². The van der Waals surface area contributed by atoms with Gasteiger partial charge in [-0.25, -0.2) is 19.0 Å². The number of benzene rings is 1. The summed E-state index contributed by atoms with van der Waals surface area (Å²) in [4.78, 5) is 39.0. The van der Waals surface area contributed by atoms with Crippen molar-refractivity contribution in [1.29, 1.82) is 0 Å². The average molecular weight is 448 g/mol. The van der Waals surface area contributed by atoms with Crippen LogP contribution in [-0.4, -0.2) is 47.5 Å². The van der Waals surface area contributed by atoms with Crippen molar-refractivity contribution >= 4 is 28.9 Å². The molecule has 176 valence electrons. The second-order valence-electron chi connectivity index (χ2n) is 7.52. The van der Waals surface area contributed by atoms with E-state index in [1.165, 1.54) is 0 Å². The summed E-state index contributed by atoms with van der Waals surface area (Å²) in [6.07, 6.45) is 3.71. The van der Waals surface area contributed by atoms with Gasteiger partial charge in [-0.1, -0.05) is 46.1 Å². The van der Waals surface area contributed by atoms with Gasteiger partial charge in [0.25, 0.3) is 0 Å². The third-order valence-electron chi connectivity index (χ3n) is 4.98. The Morgan fingerprint density at radius 2 is 1.41 bits per heavy atom. The molecule has 0 unspecified atom stereocenters. The van der Waals surface area contributed by atoms with Crippen LogP contribution in [-0.2, 0) is 20.8 Å². The summed E-state index contributed by atoms with van der Waals surface area (Å²) in [6.45, 7) is 6.17. The first-order valence-corrected chi connectivity index (χ1v) is 11.3. The number of nitrogens with zero attached hydrogens (tertiary/aromatic N) is 1. The molecule has 0 bridgehead atoms. The second-order valence-corrected chi connectivity index (χ2v) is 7.52. The van der Waals surface area contributed by atoms with Gasteiger partial charge in [-0.3, -0.25) is 0 Å². The summed E-state index contributed by atoms with van der Waals surface area (Å²) < 4.78 is 17.2. The van der Waals surface area contributed by atoms with E-state index in [1.807, 2.05) is 20.8 Å². The van der Waals surface area contributed by atoms with Gasteiger partial charge in [-0.2, -0.15) is 0 Å². The highest BCUT2D eigenvalue weighted by Gasteiger charge is 2.32. The lowest BCUT2D eigenvalue weighted by atomic mass is 10.1. The predicted molar refractivity (Wildman–Crippen MR) is 120 cm³/mol. The standard InChI is InChI=1S/C24H33NO7/c1-4-7-12-30-22(27)20-18-15-17(16-26)10-11-19(18)25(24(29)32-14-9-6-3)21(20)23(28)31-13-8-5-2/h10-11,15,26H,4-9,12-14,16H2,1-3H3. The SMILES string of the molecule is CCCCOC(=O)c1c(C(=O)OCCCC)n(C(=O)OCCCC)c2ccc(CO)cc12. The summed E-state index contributed by atoms with van der Waals surface area (Å²) in [5, 5.41) is 9.90. The summed E-state index contributed by atoms with van der Waals surface area (Å²) >= 11 is 0. The van der Waals surface area contributed by atoms with Crippen LogP contribution in [0.3, 0.4) is 0 Å². The molecule has 1 aromatic carbocycles. The van der Waals surface area contributed by atoms with Gasteiger partial charge in [0.1, 0.15) is 5.56 Å². The molecule has 0 radical (unpaired) electrons. The first kappa shape index (κ1) is 25.4. The van der Waals surface area contributed by atoms with Crippen molar-refractivity contribution in [2.75, 3.05) is 19.8 Å². The number of fused-ring (bicyclic) bond motifs is 1. The number of carbonyl (C=O) groups is 3. The molecular formula is C24H33NO7. The minimum absolute atomic E-state index is 0.0552. The van der Waals surface area contributed by atoms with E-state index in [2.05, 4.69) is 0 Å². The number of aliphatic hydroxyl groups excluding tert-OH is 1. The first-order valence-electron chi connectivity index (χ1n) is 11.3. The van der Waals surface area contributed by atoms with Crippen molar-refractivity contribution in [2.45, 2.75) is 65.9 Å². The minimum Gasteiger partial charge on any atom is -0.462 e. The third kappa shape index (κ3) is 6.09. The first-order chi connectivity index (χ1) is 15.5. The van der Waals surface area contributed by atoms with E-state index < -0.39 is 18.0 Å². The van der Waals surface area contributed by atoms with E-state index in [0.29, 0.717) is 35.7 Å². The van der Waals surface area contributed by atoms with Crippen LogP contribution in [0.2, 0.25) is 0 Å². The molecule has 0 amide bonds. The Morgan fingerprint density at radius 3 is 1.97 bits per heavy atom. The molecule has 0 aliphatic rings. The van der Waals surface area contributed by atoms with Gasteiger partial charge in [0.15, 0.2) is 5.69 Å². The number of aromatic nitrogens is 1. The number of unbranched alkanes of at least 4 members (excludes halogenated alkanes) is 3. The van der Waals surface area contributed by atoms with Gasteiger partial charge in [0.2, 0.25) is 0 Å². The van der Waals surface area contributed by atoms with E-state index in [1.54, 1.807) is 18.2 Å². The van der Waals surface area contributed by atoms with Crippen LogP contribution < -0.4 is 0 Å². The Bertz CT molecular complexity index is 932. The van der Waals surface area contributed by atoms with Crippen molar-refractivity contribution < 1.29 is 33.7 Å². The predicted octanol–water partition coefficient (Wildman–Crippen LogP) is 4.83. The lowest BCUT2D eigenvalue weighted by Crippen LogP contribution is -2.23. The summed E-state index contributed by atoms with van der Waals surface area (Å²) in [5.74, 6) is -1.52. The number of aliphatic hydroxyl groups is 1. The summed E-state index contributed by atoms with van der Waals surface area (Å²) in [7, 11) is 0. The van der Waals surface area contributed by atoms with Gasteiger partial charge >= 0.3 is 18.0 Å². The number of esters is 2.